The minimum atomic E-state index is 0.302. The second-order valence-corrected chi connectivity index (χ2v) is 15.9. The van der Waals surface area contributed by atoms with Crippen molar-refractivity contribution in [2.24, 2.45) is 0 Å². The highest BCUT2D eigenvalue weighted by atomic mass is 32.1. The van der Waals surface area contributed by atoms with Gasteiger partial charge in [0.2, 0.25) is 0 Å². The van der Waals surface area contributed by atoms with E-state index in [4.69, 9.17) is 0 Å². The average Bonchev–Trinajstić information content (AvgIpc) is 3.88. The van der Waals surface area contributed by atoms with Crippen molar-refractivity contribution < 1.29 is 0 Å². The summed E-state index contributed by atoms with van der Waals surface area (Å²) in [5, 5.41) is 10.4. The minimum Gasteiger partial charge on any atom is -0.309 e. The lowest BCUT2D eigenvalue weighted by Crippen LogP contribution is -2.02. The van der Waals surface area contributed by atoms with Gasteiger partial charge in [0.05, 0.1) is 11.0 Å². The number of hydrogen-bond donors (Lipinski definition) is 0. The molecule has 0 fully saturated rings. The summed E-state index contributed by atoms with van der Waals surface area (Å²) in [4.78, 5) is 0. The Morgan fingerprint density at radius 3 is 2.09 bits per heavy atom. The molecule has 9 aromatic carbocycles. The van der Waals surface area contributed by atoms with E-state index in [1.807, 2.05) is 11.3 Å². The number of aromatic nitrogens is 1. The minimum absolute atomic E-state index is 0.302. The molecule has 0 radical (unpaired) electrons. The molecule has 1 aliphatic rings. The van der Waals surface area contributed by atoms with Gasteiger partial charge in [-0.1, -0.05) is 146 Å². The van der Waals surface area contributed by atoms with Gasteiger partial charge in [-0.25, -0.2) is 0 Å². The van der Waals surface area contributed by atoms with Crippen LogP contribution < -0.4 is 0 Å². The van der Waals surface area contributed by atoms with Crippen LogP contribution in [-0.4, -0.2) is 4.57 Å². The molecule has 1 aliphatic carbocycles. The molecule has 0 bridgehead atoms. The molecule has 12 rings (SSSR count). The van der Waals surface area contributed by atoms with E-state index >= 15 is 0 Å². The van der Waals surface area contributed by atoms with Crippen LogP contribution in [0.1, 0.15) is 22.6 Å². The van der Waals surface area contributed by atoms with Crippen molar-refractivity contribution in [2.45, 2.75) is 12.3 Å². The van der Waals surface area contributed by atoms with Crippen molar-refractivity contribution in [3.05, 3.63) is 199 Å². The van der Waals surface area contributed by atoms with Gasteiger partial charge >= 0.3 is 0 Å². The Bertz CT molecular complexity index is 3320. The third-order valence-electron chi connectivity index (χ3n) is 11.9. The number of fused-ring (bicyclic) bond motifs is 12. The van der Waals surface area contributed by atoms with Crippen LogP contribution in [0.5, 0.6) is 0 Å². The van der Waals surface area contributed by atoms with Gasteiger partial charge in [-0.2, -0.15) is 0 Å². The van der Waals surface area contributed by atoms with Gasteiger partial charge in [-0.05, 0) is 103 Å². The molecule has 252 valence electrons. The third-order valence-corrected chi connectivity index (χ3v) is 13.1. The highest BCUT2D eigenvalue weighted by Gasteiger charge is 2.30. The molecule has 0 saturated carbocycles. The quantitative estimate of drug-likeness (QED) is 0.172. The summed E-state index contributed by atoms with van der Waals surface area (Å²) < 4.78 is 5.17. The summed E-state index contributed by atoms with van der Waals surface area (Å²) >= 11 is 1.90. The Labute approximate surface area is 317 Å². The van der Waals surface area contributed by atoms with E-state index in [1.165, 1.54) is 108 Å². The number of rotatable bonds is 4. The van der Waals surface area contributed by atoms with E-state index in [2.05, 4.69) is 187 Å². The molecule has 1 nitrogen and oxygen atoms in total. The molecular weight excluding hydrogens is 671 g/mol. The second kappa shape index (κ2) is 11.5. The molecular formula is C52H33NS. The Morgan fingerprint density at radius 2 is 1.17 bits per heavy atom. The normalized spacial score (nSPS) is 13.8. The van der Waals surface area contributed by atoms with Crippen molar-refractivity contribution in [1.82, 2.24) is 4.57 Å². The monoisotopic (exact) mass is 703 g/mol. The van der Waals surface area contributed by atoms with Crippen molar-refractivity contribution in [3.8, 4) is 27.9 Å². The first-order valence-corrected chi connectivity index (χ1v) is 19.7. The summed E-state index contributed by atoms with van der Waals surface area (Å²) in [6.45, 7) is 0. The van der Waals surface area contributed by atoms with E-state index in [9.17, 15) is 0 Å². The SMILES string of the molecule is c1ccc2c(c1)-c1cc(-c3cc4sc5ccccc5c4c4c3c3ccccc3n4-c3ccc4ccccc4c3)ccc1C2Cc1cccc2ccccc12. The Morgan fingerprint density at radius 1 is 0.444 bits per heavy atom. The van der Waals surface area contributed by atoms with Crippen LogP contribution in [-0.2, 0) is 6.42 Å². The van der Waals surface area contributed by atoms with Crippen LogP contribution in [0.3, 0.4) is 0 Å². The number of thiophene rings is 1. The van der Waals surface area contributed by atoms with E-state index in [0.29, 0.717) is 5.92 Å². The average molecular weight is 704 g/mol. The van der Waals surface area contributed by atoms with Crippen molar-refractivity contribution in [1.29, 1.82) is 0 Å². The smallest absolute Gasteiger partial charge is 0.0640 e. The maximum absolute atomic E-state index is 2.53. The summed E-state index contributed by atoms with van der Waals surface area (Å²) in [6, 6.07) is 68.0. The molecule has 0 saturated heterocycles. The molecule has 2 aromatic heterocycles. The maximum Gasteiger partial charge on any atom is 0.0640 e. The zero-order chi connectivity index (χ0) is 35.3. The molecule has 0 amide bonds. The maximum atomic E-state index is 2.53. The first-order valence-electron chi connectivity index (χ1n) is 18.9. The summed E-state index contributed by atoms with van der Waals surface area (Å²) in [6.07, 6.45) is 0.974. The molecule has 0 spiro atoms. The van der Waals surface area contributed by atoms with Crippen molar-refractivity contribution in [3.63, 3.8) is 0 Å². The predicted molar refractivity (Wildman–Crippen MR) is 232 cm³/mol. The largest absolute Gasteiger partial charge is 0.309 e. The standard InChI is InChI=1S/C52H33NS/c1-2-14-34-28-37(26-24-32(34)12-1)53-47-22-9-7-20-42(47)50-44(31-49-51(52(50)53)43-21-8-10-23-48(43)54-49)36-25-27-41-45(39-18-5-6-19-40(39)46(41)30-36)29-35-16-11-15-33-13-3-4-17-38(33)35/h1-28,30-31,45H,29H2. The van der Waals surface area contributed by atoms with Crippen LogP contribution in [0.4, 0.5) is 0 Å². The fourth-order valence-corrected chi connectivity index (χ4v) is 10.7. The number of hydrogen-bond acceptors (Lipinski definition) is 1. The Balaban J connectivity index is 1.13. The lowest BCUT2D eigenvalue weighted by atomic mass is 9.87. The van der Waals surface area contributed by atoms with Gasteiger partial charge in [-0.15, -0.1) is 11.3 Å². The Hall–Kier alpha value is -6.48. The van der Waals surface area contributed by atoms with Gasteiger partial charge < -0.3 is 4.57 Å². The van der Waals surface area contributed by atoms with E-state index in [-0.39, 0.29) is 0 Å². The molecule has 1 unspecified atom stereocenters. The molecule has 2 heteroatoms. The summed E-state index contributed by atoms with van der Waals surface area (Å²) in [7, 11) is 0. The van der Waals surface area contributed by atoms with Gasteiger partial charge in [-0.3, -0.25) is 0 Å². The molecule has 2 heterocycles. The topological polar surface area (TPSA) is 4.93 Å². The lowest BCUT2D eigenvalue weighted by molar-refractivity contribution is 0.832. The van der Waals surface area contributed by atoms with Gasteiger partial charge in [0.25, 0.3) is 0 Å². The van der Waals surface area contributed by atoms with Crippen LogP contribution in [0.15, 0.2) is 182 Å². The van der Waals surface area contributed by atoms with E-state index in [1.54, 1.807) is 0 Å². The molecule has 54 heavy (non-hydrogen) atoms. The van der Waals surface area contributed by atoms with Gasteiger partial charge in [0.15, 0.2) is 0 Å². The van der Waals surface area contributed by atoms with Crippen LogP contribution in [0.25, 0.3) is 91.5 Å². The highest BCUT2D eigenvalue weighted by molar-refractivity contribution is 7.26. The van der Waals surface area contributed by atoms with Crippen molar-refractivity contribution >= 4 is 74.9 Å². The number of benzene rings is 9. The van der Waals surface area contributed by atoms with Crippen molar-refractivity contribution in [2.75, 3.05) is 0 Å². The molecule has 11 aromatic rings. The van der Waals surface area contributed by atoms with Gasteiger partial charge in [0, 0.05) is 42.6 Å². The second-order valence-electron chi connectivity index (χ2n) is 14.8. The first-order chi connectivity index (χ1) is 26.8. The zero-order valence-corrected chi connectivity index (χ0v) is 30.3. The third kappa shape index (κ3) is 4.32. The summed E-state index contributed by atoms with van der Waals surface area (Å²) in [5.41, 5.74) is 13.2. The lowest BCUT2D eigenvalue weighted by Gasteiger charge is -2.16. The fourth-order valence-electron chi connectivity index (χ4n) is 9.56. The Kier molecular flexibility index (Phi) is 6.40. The predicted octanol–water partition coefficient (Wildman–Crippen LogP) is 14.5. The zero-order valence-electron chi connectivity index (χ0n) is 29.5. The van der Waals surface area contributed by atoms with Crippen LogP contribution in [0, 0.1) is 0 Å². The number of para-hydroxylation sites is 1. The van der Waals surface area contributed by atoms with E-state index in [0.717, 1.165) is 6.42 Å². The van der Waals surface area contributed by atoms with Gasteiger partial charge in [0.1, 0.15) is 0 Å². The first kappa shape index (κ1) is 30.0. The van der Waals surface area contributed by atoms with Crippen LogP contribution in [0.2, 0.25) is 0 Å². The summed E-state index contributed by atoms with van der Waals surface area (Å²) in [5.74, 6) is 0.302. The van der Waals surface area contributed by atoms with E-state index < -0.39 is 0 Å². The molecule has 0 aliphatic heterocycles. The fraction of sp³-hybridized carbons (Fsp3) is 0.0385. The molecule has 0 N–H and O–H groups in total. The van der Waals surface area contributed by atoms with Crippen LogP contribution >= 0.6 is 11.3 Å². The highest BCUT2D eigenvalue weighted by Crippen LogP contribution is 2.51. The number of nitrogens with zero attached hydrogens (tertiary/aromatic N) is 1. The molecule has 1 atom stereocenters.